The zero-order valence-electron chi connectivity index (χ0n) is 9.68. The molecule has 5 heteroatoms. The number of carbonyl (C=O) groups excluding carboxylic acids is 1. The molecule has 0 bridgehead atoms. The van der Waals surface area contributed by atoms with Crippen molar-refractivity contribution in [2.45, 2.75) is 0 Å². The largest absolute Gasteiger partial charge is 0.465 e. The molecule has 0 fully saturated rings. The molecule has 0 aliphatic heterocycles. The van der Waals surface area contributed by atoms with Crippen LogP contribution in [-0.4, -0.2) is 18.1 Å². The van der Waals surface area contributed by atoms with E-state index in [-0.39, 0.29) is 11.3 Å². The summed E-state index contributed by atoms with van der Waals surface area (Å²) in [7, 11) is 1.20. The van der Waals surface area contributed by atoms with Crippen molar-refractivity contribution in [2.24, 2.45) is 0 Å². The lowest BCUT2D eigenvalue weighted by Gasteiger charge is -2.06. The number of halogens is 1. The Hall–Kier alpha value is -2.43. The lowest BCUT2D eigenvalue weighted by Crippen LogP contribution is -2.06. The zero-order valence-corrected chi connectivity index (χ0v) is 9.68. The molecule has 92 valence electrons. The Morgan fingerprint density at radius 1 is 1.39 bits per heavy atom. The number of methoxy groups -OCH3 is 1. The van der Waals surface area contributed by atoms with E-state index in [0.717, 1.165) is 0 Å². The molecule has 0 spiro atoms. The number of hydrogen-bond acceptors (Lipinski definition) is 4. The van der Waals surface area contributed by atoms with Gasteiger partial charge in [-0.2, -0.15) is 0 Å². The third-order valence-electron chi connectivity index (χ3n) is 2.45. The molecule has 1 aromatic carbocycles. The van der Waals surface area contributed by atoms with E-state index in [1.165, 1.54) is 19.4 Å². The molecule has 0 atom stereocenters. The molecule has 0 radical (unpaired) electrons. The number of nitrogen functional groups attached to an aromatic ring is 1. The predicted molar refractivity (Wildman–Crippen MR) is 65.4 cm³/mol. The van der Waals surface area contributed by atoms with Crippen LogP contribution in [0.4, 0.5) is 10.1 Å². The van der Waals surface area contributed by atoms with Crippen molar-refractivity contribution < 1.29 is 13.9 Å². The van der Waals surface area contributed by atoms with Crippen LogP contribution in [0.25, 0.3) is 11.3 Å². The van der Waals surface area contributed by atoms with E-state index >= 15 is 0 Å². The quantitative estimate of drug-likeness (QED) is 0.652. The first-order chi connectivity index (χ1) is 8.63. The number of pyridine rings is 1. The van der Waals surface area contributed by atoms with Crippen molar-refractivity contribution in [3.05, 3.63) is 47.9 Å². The summed E-state index contributed by atoms with van der Waals surface area (Å²) in [6.07, 6.45) is 1.36. The number of nitrogens with zero attached hydrogens (tertiary/aromatic N) is 1. The monoisotopic (exact) mass is 246 g/mol. The number of anilines is 1. The van der Waals surface area contributed by atoms with Crippen LogP contribution in [0.3, 0.4) is 0 Å². The summed E-state index contributed by atoms with van der Waals surface area (Å²) in [4.78, 5) is 15.3. The van der Waals surface area contributed by atoms with Crippen molar-refractivity contribution >= 4 is 11.7 Å². The van der Waals surface area contributed by atoms with Gasteiger partial charge < -0.3 is 10.5 Å². The molecule has 0 aliphatic carbocycles. The smallest absolute Gasteiger partial charge is 0.340 e. The molecule has 0 saturated carbocycles. The standard InChI is InChI=1S/C13H11FN2O2/c1-18-13(17)10-5-6-16-12(11(10)14)8-3-2-4-9(15)7-8/h2-7H,15H2,1H3. The Balaban J connectivity index is 2.56. The van der Waals surface area contributed by atoms with Crippen LogP contribution in [0.5, 0.6) is 0 Å². The Labute approximate surface area is 103 Å². The average molecular weight is 246 g/mol. The van der Waals surface area contributed by atoms with Crippen molar-refractivity contribution in [1.29, 1.82) is 0 Å². The normalized spacial score (nSPS) is 10.1. The van der Waals surface area contributed by atoms with Gasteiger partial charge in [0.15, 0.2) is 5.82 Å². The van der Waals surface area contributed by atoms with E-state index in [0.29, 0.717) is 11.3 Å². The van der Waals surface area contributed by atoms with Gasteiger partial charge in [0, 0.05) is 17.4 Å². The number of nitrogens with two attached hydrogens (primary N) is 1. The van der Waals surface area contributed by atoms with E-state index in [9.17, 15) is 9.18 Å². The van der Waals surface area contributed by atoms with Crippen LogP contribution in [0.15, 0.2) is 36.5 Å². The highest BCUT2D eigenvalue weighted by Crippen LogP contribution is 2.24. The number of aromatic nitrogens is 1. The summed E-state index contributed by atoms with van der Waals surface area (Å²) < 4.78 is 18.6. The van der Waals surface area contributed by atoms with Gasteiger partial charge in [-0.3, -0.25) is 4.98 Å². The van der Waals surface area contributed by atoms with Crippen molar-refractivity contribution in [2.75, 3.05) is 12.8 Å². The van der Waals surface area contributed by atoms with Crippen LogP contribution < -0.4 is 5.73 Å². The molecule has 0 amide bonds. The predicted octanol–water partition coefficient (Wildman–Crippen LogP) is 2.26. The maximum Gasteiger partial charge on any atom is 0.340 e. The van der Waals surface area contributed by atoms with E-state index in [2.05, 4.69) is 9.72 Å². The first-order valence-corrected chi connectivity index (χ1v) is 5.22. The highest BCUT2D eigenvalue weighted by atomic mass is 19.1. The minimum absolute atomic E-state index is 0.0743. The number of ether oxygens (including phenoxy) is 1. The lowest BCUT2D eigenvalue weighted by atomic mass is 10.1. The Morgan fingerprint density at radius 2 is 2.17 bits per heavy atom. The molecular formula is C13H11FN2O2. The highest BCUT2D eigenvalue weighted by Gasteiger charge is 2.17. The van der Waals surface area contributed by atoms with Crippen molar-refractivity contribution in [3.63, 3.8) is 0 Å². The van der Waals surface area contributed by atoms with E-state index in [1.807, 2.05) is 0 Å². The van der Waals surface area contributed by atoms with Crippen molar-refractivity contribution in [1.82, 2.24) is 4.98 Å². The molecule has 0 aliphatic rings. The number of rotatable bonds is 2. The fraction of sp³-hybridized carbons (Fsp3) is 0.0769. The molecular weight excluding hydrogens is 235 g/mol. The lowest BCUT2D eigenvalue weighted by molar-refractivity contribution is 0.0595. The fourth-order valence-corrected chi connectivity index (χ4v) is 1.60. The zero-order chi connectivity index (χ0) is 13.1. The van der Waals surface area contributed by atoms with Gasteiger partial charge in [-0.05, 0) is 18.2 Å². The first-order valence-electron chi connectivity index (χ1n) is 5.22. The molecule has 2 N–H and O–H groups in total. The van der Waals surface area contributed by atoms with Crippen LogP contribution >= 0.6 is 0 Å². The third kappa shape index (κ3) is 2.15. The van der Waals surface area contributed by atoms with Gasteiger partial charge in [0.2, 0.25) is 0 Å². The van der Waals surface area contributed by atoms with Gasteiger partial charge in [0.05, 0.1) is 12.7 Å². The summed E-state index contributed by atoms with van der Waals surface area (Å²) >= 11 is 0. The number of hydrogen-bond donors (Lipinski definition) is 1. The molecule has 18 heavy (non-hydrogen) atoms. The molecule has 2 aromatic rings. The second-order valence-corrected chi connectivity index (χ2v) is 3.64. The maximum atomic E-state index is 14.1. The van der Waals surface area contributed by atoms with Crippen molar-refractivity contribution in [3.8, 4) is 11.3 Å². The number of benzene rings is 1. The van der Waals surface area contributed by atoms with Crippen LogP contribution in [0.2, 0.25) is 0 Å². The Bertz CT molecular complexity index is 599. The summed E-state index contributed by atoms with van der Waals surface area (Å²) in [5, 5.41) is 0. The van der Waals surface area contributed by atoms with E-state index < -0.39 is 11.8 Å². The van der Waals surface area contributed by atoms with Gasteiger partial charge >= 0.3 is 5.97 Å². The summed E-state index contributed by atoms with van der Waals surface area (Å²) in [5.41, 5.74) is 6.56. The Kier molecular flexibility index (Phi) is 3.23. The number of esters is 1. The highest BCUT2D eigenvalue weighted by molar-refractivity contribution is 5.91. The molecule has 1 heterocycles. The van der Waals surface area contributed by atoms with E-state index in [1.54, 1.807) is 24.3 Å². The summed E-state index contributed by atoms with van der Waals surface area (Å²) in [6.45, 7) is 0. The topological polar surface area (TPSA) is 65.2 Å². The molecule has 2 rings (SSSR count). The van der Waals surface area contributed by atoms with Crippen LogP contribution in [0.1, 0.15) is 10.4 Å². The molecule has 1 aromatic heterocycles. The van der Waals surface area contributed by atoms with Gasteiger partial charge in [0.25, 0.3) is 0 Å². The minimum Gasteiger partial charge on any atom is -0.465 e. The fourth-order valence-electron chi connectivity index (χ4n) is 1.60. The van der Waals surface area contributed by atoms with Crippen LogP contribution in [-0.2, 0) is 4.74 Å². The molecule has 4 nitrogen and oxygen atoms in total. The number of carbonyl (C=O) groups is 1. The minimum atomic E-state index is -0.736. The second-order valence-electron chi connectivity index (χ2n) is 3.64. The summed E-state index contributed by atoms with van der Waals surface area (Å²) in [6, 6.07) is 7.91. The molecule has 0 saturated heterocycles. The Morgan fingerprint density at radius 3 is 2.83 bits per heavy atom. The average Bonchev–Trinajstić information content (AvgIpc) is 2.38. The SMILES string of the molecule is COC(=O)c1ccnc(-c2cccc(N)c2)c1F. The first kappa shape index (κ1) is 12.0. The van der Waals surface area contributed by atoms with Gasteiger partial charge in [-0.15, -0.1) is 0 Å². The summed E-state index contributed by atoms with van der Waals surface area (Å²) in [5.74, 6) is -1.45. The van der Waals surface area contributed by atoms with Gasteiger partial charge in [-0.1, -0.05) is 12.1 Å². The maximum absolute atomic E-state index is 14.1. The second kappa shape index (κ2) is 4.83. The van der Waals surface area contributed by atoms with Crippen LogP contribution in [0, 0.1) is 5.82 Å². The third-order valence-corrected chi connectivity index (χ3v) is 2.45. The van der Waals surface area contributed by atoms with Gasteiger partial charge in [-0.25, -0.2) is 9.18 Å². The van der Waals surface area contributed by atoms with E-state index in [4.69, 9.17) is 5.73 Å². The van der Waals surface area contributed by atoms with Gasteiger partial charge in [0.1, 0.15) is 5.69 Å². The molecule has 0 unspecified atom stereocenters.